The van der Waals surface area contributed by atoms with Crippen LogP contribution in [0.1, 0.15) is 18.6 Å². The number of aromatic nitrogens is 1. The number of carbonyl (C=O) groups excluding carboxylic acids is 2. The van der Waals surface area contributed by atoms with Crippen molar-refractivity contribution in [3.63, 3.8) is 0 Å². The molecule has 1 aliphatic heterocycles. The fourth-order valence-electron chi connectivity index (χ4n) is 2.61. The lowest BCUT2D eigenvalue weighted by Gasteiger charge is -2.23. The van der Waals surface area contributed by atoms with Crippen LogP contribution in [0.5, 0.6) is 0 Å². The van der Waals surface area contributed by atoms with Gasteiger partial charge in [0.2, 0.25) is 5.91 Å². The van der Waals surface area contributed by atoms with E-state index in [1.807, 2.05) is 0 Å². The fraction of sp³-hybridized carbons (Fsp3) is 0.312. The minimum atomic E-state index is -0.464. The van der Waals surface area contributed by atoms with Gasteiger partial charge in [-0.1, -0.05) is 6.07 Å². The Morgan fingerprint density at radius 2 is 2.22 bits per heavy atom. The summed E-state index contributed by atoms with van der Waals surface area (Å²) in [6.07, 6.45) is 4.62. The van der Waals surface area contributed by atoms with E-state index in [1.165, 1.54) is 0 Å². The Bertz CT molecular complexity index is 657. The molecule has 7 nitrogen and oxygen atoms in total. The van der Waals surface area contributed by atoms with E-state index in [0.717, 1.165) is 6.42 Å². The maximum absolute atomic E-state index is 12.3. The minimum Gasteiger partial charge on any atom is -0.467 e. The predicted octanol–water partition coefficient (Wildman–Crippen LogP) is 1.99. The summed E-state index contributed by atoms with van der Waals surface area (Å²) in [5.41, 5.74) is 0. The lowest BCUT2D eigenvalue weighted by molar-refractivity contribution is -0.124. The summed E-state index contributed by atoms with van der Waals surface area (Å²) < 4.78 is 5.18. The molecule has 2 N–H and O–H groups in total. The normalized spacial score (nSPS) is 17.0. The molecule has 0 bridgehead atoms. The third-order valence-electron chi connectivity index (χ3n) is 3.73. The van der Waals surface area contributed by atoms with Crippen LogP contribution in [0.2, 0.25) is 0 Å². The molecular formula is C16H18N4O3. The van der Waals surface area contributed by atoms with Crippen LogP contribution >= 0.6 is 0 Å². The largest absolute Gasteiger partial charge is 0.467 e. The second-order valence-electron chi connectivity index (χ2n) is 5.29. The van der Waals surface area contributed by atoms with Gasteiger partial charge in [-0.2, -0.15) is 0 Å². The Hall–Kier alpha value is -2.83. The summed E-state index contributed by atoms with van der Waals surface area (Å²) in [5.74, 6) is 0.982. The van der Waals surface area contributed by atoms with E-state index >= 15 is 0 Å². The number of hydrogen-bond acceptors (Lipinski definition) is 4. The zero-order valence-corrected chi connectivity index (χ0v) is 12.6. The second kappa shape index (κ2) is 6.95. The molecule has 0 saturated carbocycles. The molecule has 0 unspecified atom stereocenters. The van der Waals surface area contributed by atoms with Gasteiger partial charge in [-0.3, -0.25) is 10.1 Å². The highest BCUT2D eigenvalue weighted by atomic mass is 16.3. The van der Waals surface area contributed by atoms with Crippen LogP contribution in [-0.2, 0) is 11.3 Å². The first-order chi connectivity index (χ1) is 11.2. The molecule has 2 aromatic heterocycles. The lowest BCUT2D eigenvalue weighted by atomic mass is 10.2. The number of amides is 3. The third-order valence-corrected chi connectivity index (χ3v) is 3.73. The SMILES string of the molecule is O=C(NCc1ccco1)[C@H]1CCCN1C(=O)Nc1ccccn1. The Kier molecular flexibility index (Phi) is 4.56. The molecule has 3 rings (SSSR count). The van der Waals surface area contributed by atoms with Crippen LogP contribution in [0.25, 0.3) is 0 Å². The first kappa shape index (κ1) is 15.1. The molecule has 0 aliphatic carbocycles. The molecule has 0 spiro atoms. The smallest absolute Gasteiger partial charge is 0.323 e. The van der Waals surface area contributed by atoms with Crippen molar-refractivity contribution in [3.05, 3.63) is 48.6 Å². The van der Waals surface area contributed by atoms with E-state index in [-0.39, 0.29) is 11.9 Å². The number of carbonyl (C=O) groups is 2. The molecule has 7 heteroatoms. The Morgan fingerprint density at radius 3 is 2.96 bits per heavy atom. The predicted molar refractivity (Wildman–Crippen MR) is 83.5 cm³/mol. The van der Waals surface area contributed by atoms with Crippen LogP contribution in [0.4, 0.5) is 10.6 Å². The number of pyridine rings is 1. The van der Waals surface area contributed by atoms with E-state index < -0.39 is 6.04 Å². The zero-order valence-electron chi connectivity index (χ0n) is 12.6. The molecule has 3 amide bonds. The third kappa shape index (κ3) is 3.68. The van der Waals surface area contributed by atoms with Gasteiger partial charge in [-0.25, -0.2) is 9.78 Å². The van der Waals surface area contributed by atoms with Crippen LogP contribution in [0, 0.1) is 0 Å². The highest BCUT2D eigenvalue weighted by molar-refractivity contribution is 5.93. The molecular weight excluding hydrogens is 296 g/mol. The van der Waals surface area contributed by atoms with Gasteiger partial charge in [0.15, 0.2) is 0 Å². The summed E-state index contributed by atoms with van der Waals surface area (Å²) >= 11 is 0. The summed E-state index contributed by atoms with van der Waals surface area (Å²) in [6, 6.07) is 8.06. The molecule has 3 heterocycles. The van der Waals surface area contributed by atoms with Crippen LogP contribution in [0.15, 0.2) is 47.2 Å². The van der Waals surface area contributed by atoms with E-state index in [4.69, 9.17) is 4.42 Å². The van der Waals surface area contributed by atoms with Gasteiger partial charge in [0.1, 0.15) is 17.6 Å². The maximum atomic E-state index is 12.3. The Balaban J connectivity index is 1.58. The van der Waals surface area contributed by atoms with E-state index in [0.29, 0.717) is 31.1 Å². The quantitative estimate of drug-likeness (QED) is 0.903. The summed E-state index contributed by atoms with van der Waals surface area (Å²) in [4.78, 5) is 30.3. The Morgan fingerprint density at radius 1 is 1.30 bits per heavy atom. The highest BCUT2D eigenvalue weighted by Gasteiger charge is 2.34. The summed E-state index contributed by atoms with van der Waals surface area (Å²) in [5, 5.41) is 5.52. The molecule has 120 valence electrons. The van der Waals surface area contributed by atoms with Gasteiger partial charge in [0, 0.05) is 12.7 Å². The minimum absolute atomic E-state index is 0.171. The number of hydrogen-bond donors (Lipinski definition) is 2. The van der Waals surface area contributed by atoms with Gasteiger partial charge in [-0.05, 0) is 37.1 Å². The monoisotopic (exact) mass is 314 g/mol. The topological polar surface area (TPSA) is 87.5 Å². The average molecular weight is 314 g/mol. The average Bonchev–Trinajstić information content (AvgIpc) is 3.25. The number of anilines is 1. The van der Waals surface area contributed by atoms with Gasteiger partial charge in [0.05, 0.1) is 12.8 Å². The standard InChI is InChI=1S/C16H18N4O3/c21-15(18-11-12-5-4-10-23-12)13-6-3-9-20(13)16(22)19-14-7-1-2-8-17-14/h1-2,4-5,7-8,10,13H,3,6,9,11H2,(H,18,21)(H,17,19,22)/t13-/m1/s1. The zero-order chi connectivity index (χ0) is 16.1. The number of nitrogens with zero attached hydrogens (tertiary/aromatic N) is 2. The van der Waals surface area contributed by atoms with Crippen molar-refractivity contribution < 1.29 is 14.0 Å². The first-order valence-electron chi connectivity index (χ1n) is 7.53. The second-order valence-corrected chi connectivity index (χ2v) is 5.29. The Labute approximate surface area is 133 Å². The van der Waals surface area contributed by atoms with Crippen LogP contribution in [0.3, 0.4) is 0 Å². The van der Waals surface area contributed by atoms with E-state index in [2.05, 4.69) is 15.6 Å². The lowest BCUT2D eigenvalue weighted by Crippen LogP contribution is -2.47. The van der Waals surface area contributed by atoms with Gasteiger partial charge < -0.3 is 14.6 Å². The number of rotatable bonds is 4. The molecule has 23 heavy (non-hydrogen) atoms. The number of furan rings is 1. The maximum Gasteiger partial charge on any atom is 0.323 e. The van der Waals surface area contributed by atoms with Crippen LogP contribution in [-0.4, -0.2) is 34.4 Å². The van der Waals surface area contributed by atoms with E-state index in [9.17, 15) is 9.59 Å². The molecule has 1 atom stereocenters. The molecule has 0 radical (unpaired) electrons. The van der Waals surface area contributed by atoms with Crippen molar-refractivity contribution >= 4 is 17.8 Å². The van der Waals surface area contributed by atoms with Crippen molar-refractivity contribution in [1.82, 2.24) is 15.2 Å². The van der Waals surface area contributed by atoms with Gasteiger partial charge in [0.25, 0.3) is 0 Å². The number of urea groups is 1. The van der Waals surface area contributed by atoms with Crippen molar-refractivity contribution in [3.8, 4) is 0 Å². The van der Waals surface area contributed by atoms with Crippen molar-refractivity contribution in [2.24, 2.45) is 0 Å². The van der Waals surface area contributed by atoms with Crippen molar-refractivity contribution in [2.45, 2.75) is 25.4 Å². The molecule has 1 aliphatic rings. The number of likely N-dealkylation sites (tertiary alicyclic amines) is 1. The summed E-state index contributed by atoms with van der Waals surface area (Å²) in [7, 11) is 0. The van der Waals surface area contributed by atoms with Crippen molar-refractivity contribution in [1.29, 1.82) is 0 Å². The van der Waals surface area contributed by atoms with E-state index in [1.54, 1.807) is 47.7 Å². The van der Waals surface area contributed by atoms with Crippen molar-refractivity contribution in [2.75, 3.05) is 11.9 Å². The fourth-order valence-corrected chi connectivity index (χ4v) is 2.61. The first-order valence-corrected chi connectivity index (χ1v) is 7.53. The van der Waals surface area contributed by atoms with Gasteiger partial charge in [-0.15, -0.1) is 0 Å². The summed E-state index contributed by atoms with van der Waals surface area (Å²) in [6.45, 7) is 0.871. The molecule has 2 aromatic rings. The van der Waals surface area contributed by atoms with Crippen LogP contribution < -0.4 is 10.6 Å². The molecule has 1 fully saturated rings. The molecule has 1 saturated heterocycles. The number of nitrogens with one attached hydrogen (secondary N) is 2. The highest BCUT2D eigenvalue weighted by Crippen LogP contribution is 2.19. The van der Waals surface area contributed by atoms with Gasteiger partial charge >= 0.3 is 6.03 Å². The molecule has 0 aromatic carbocycles.